The van der Waals surface area contributed by atoms with Crippen LogP contribution in [0.5, 0.6) is 0 Å². The molecule has 0 aliphatic rings. The van der Waals surface area contributed by atoms with Gasteiger partial charge in [0.15, 0.2) is 0 Å². The molecule has 0 saturated heterocycles. The fourth-order valence-corrected chi connectivity index (χ4v) is 2.30. The summed E-state index contributed by atoms with van der Waals surface area (Å²) in [5.41, 5.74) is 2.69. The van der Waals surface area contributed by atoms with Crippen LogP contribution in [0.15, 0.2) is 36.5 Å². The SMILES string of the molecule is Cc1cc(N(C)C(C)c2ccc(Cl)cc2)c(C(=O)O)cn1. The van der Waals surface area contributed by atoms with Gasteiger partial charge in [0.1, 0.15) is 5.56 Å². The number of benzene rings is 1. The van der Waals surface area contributed by atoms with Crippen LogP contribution in [0.1, 0.15) is 34.6 Å². The number of aromatic carboxylic acids is 1. The van der Waals surface area contributed by atoms with Gasteiger partial charge in [0.05, 0.1) is 11.7 Å². The normalized spacial score (nSPS) is 12.0. The van der Waals surface area contributed by atoms with E-state index in [0.717, 1.165) is 11.3 Å². The molecule has 0 aliphatic carbocycles. The average molecular weight is 305 g/mol. The van der Waals surface area contributed by atoms with Crippen molar-refractivity contribution in [2.45, 2.75) is 19.9 Å². The number of nitrogens with zero attached hydrogens (tertiary/aromatic N) is 2. The number of carboxylic acid groups (broad SMARTS) is 1. The van der Waals surface area contributed by atoms with E-state index in [9.17, 15) is 9.90 Å². The Kier molecular flexibility index (Phi) is 4.48. The second kappa shape index (κ2) is 6.14. The molecule has 1 aromatic carbocycles. The van der Waals surface area contributed by atoms with Crippen molar-refractivity contribution in [2.24, 2.45) is 0 Å². The lowest BCUT2D eigenvalue weighted by molar-refractivity contribution is 0.0697. The van der Waals surface area contributed by atoms with Crippen molar-refractivity contribution in [1.82, 2.24) is 4.98 Å². The minimum absolute atomic E-state index is 0.0159. The Morgan fingerprint density at radius 2 is 1.95 bits per heavy atom. The number of aromatic nitrogens is 1. The van der Waals surface area contributed by atoms with Gasteiger partial charge in [-0.1, -0.05) is 23.7 Å². The number of carbonyl (C=O) groups is 1. The monoisotopic (exact) mass is 304 g/mol. The molecule has 21 heavy (non-hydrogen) atoms. The Morgan fingerprint density at radius 3 is 2.52 bits per heavy atom. The number of halogens is 1. The first-order valence-corrected chi connectivity index (χ1v) is 6.96. The van der Waals surface area contributed by atoms with E-state index in [1.807, 2.05) is 50.1 Å². The van der Waals surface area contributed by atoms with Gasteiger partial charge in [0.2, 0.25) is 0 Å². The molecule has 0 amide bonds. The van der Waals surface area contributed by atoms with Crippen LogP contribution in [0.25, 0.3) is 0 Å². The number of hydrogen-bond donors (Lipinski definition) is 1. The fourth-order valence-electron chi connectivity index (χ4n) is 2.18. The average Bonchev–Trinajstić information content (AvgIpc) is 2.46. The van der Waals surface area contributed by atoms with E-state index in [1.165, 1.54) is 6.20 Å². The van der Waals surface area contributed by atoms with Gasteiger partial charge < -0.3 is 10.0 Å². The quantitative estimate of drug-likeness (QED) is 0.929. The predicted octanol–water partition coefficient (Wildman–Crippen LogP) is 3.94. The first-order valence-electron chi connectivity index (χ1n) is 6.58. The molecule has 0 bridgehead atoms. The topological polar surface area (TPSA) is 53.4 Å². The number of carboxylic acids is 1. The van der Waals surface area contributed by atoms with Gasteiger partial charge in [0.25, 0.3) is 0 Å². The zero-order valence-corrected chi connectivity index (χ0v) is 12.9. The smallest absolute Gasteiger partial charge is 0.339 e. The lowest BCUT2D eigenvalue weighted by Crippen LogP contribution is -2.24. The molecule has 110 valence electrons. The van der Waals surface area contributed by atoms with Crippen molar-refractivity contribution >= 4 is 23.3 Å². The van der Waals surface area contributed by atoms with Crippen LogP contribution in [0.3, 0.4) is 0 Å². The van der Waals surface area contributed by atoms with Gasteiger partial charge in [-0.25, -0.2) is 4.79 Å². The molecule has 1 heterocycles. The van der Waals surface area contributed by atoms with Crippen LogP contribution >= 0.6 is 11.6 Å². The number of rotatable bonds is 4. The van der Waals surface area contributed by atoms with E-state index in [4.69, 9.17) is 11.6 Å². The summed E-state index contributed by atoms with van der Waals surface area (Å²) < 4.78 is 0. The zero-order valence-electron chi connectivity index (χ0n) is 12.2. The highest BCUT2D eigenvalue weighted by molar-refractivity contribution is 6.30. The molecule has 1 aromatic heterocycles. The van der Waals surface area contributed by atoms with Crippen molar-refractivity contribution in [3.05, 3.63) is 58.4 Å². The minimum atomic E-state index is -0.979. The van der Waals surface area contributed by atoms with Crippen molar-refractivity contribution in [3.63, 3.8) is 0 Å². The molecule has 0 aliphatic heterocycles. The molecule has 1 unspecified atom stereocenters. The summed E-state index contributed by atoms with van der Waals surface area (Å²) in [7, 11) is 1.88. The molecule has 0 fully saturated rings. The molecular weight excluding hydrogens is 288 g/mol. The van der Waals surface area contributed by atoms with E-state index < -0.39 is 5.97 Å². The summed E-state index contributed by atoms with van der Waals surface area (Å²) in [6.45, 7) is 3.86. The summed E-state index contributed by atoms with van der Waals surface area (Å²) >= 11 is 5.90. The van der Waals surface area contributed by atoms with Crippen molar-refractivity contribution < 1.29 is 9.90 Å². The van der Waals surface area contributed by atoms with Crippen molar-refractivity contribution in [3.8, 4) is 0 Å². The van der Waals surface area contributed by atoms with Gasteiger partial charge >= 0.3 is 5.97 Å². The van der Waals surface area contributed by atoms with Gasteiger partial charge in [-0.05, 0) is 37.6 Å². The Bertz CT molecular complexity index is 656. The van der Waals surface area contributed by atoms with Gasteiger partial charge in [-0.3, -0.25) is 4.98 Å². The van der Waals surface area contributed by atoms with Crippen molar-refractivity contribution in [2.75, 3.05) is 11.9 Å². The Labute approximate surface area is 129 Å². The van der Waals surface area contributed by atoms with E-state index >= 15 is 0 Å². The van der Waals surface area contributed by atoms with Gasteiger partial charge in [-0.2, -0.15) is 0 Å². The Balaban J connectivity index is 2.39. The predicted molar refractivity (Wildman–Crippen MR) is 84.2 cm³/mol. The largest absolute Gasteiger partial charge is 0.478 e. The van der Waals surface area contributed by atoms with Crippen LogP contribution in [-0.2, 0) is 0 Å². The molecule has 0 saturated carbocycles. The number of hydrogen-bond acceptors (Lipinski definition) is 3. The maximum absolute atomic E-state index is 11.4. The van der Waals surface area contributed by atoms with Crippen LogP contribution in [0, 0.1) is 6.92 Å². The minimum Gasteiger partial charge on any atom is -0.478 e. The molecule has 1 atom stereocenters. The number of aryl methyl sites for hydroxylation is 1. The molecule has 2 aromatic rings. The summed E-state index contributed by atoms with van der Waals surface area (Å²) in [5, 5.41) is 9.99. The van der Waals surface area contributed by atoms with Crippen LogP contribution in [0.2, 0.25) is 5.02 Å². The van der Waals surface area contributed by atoms with E-state index in [2.05, 4.69) is 4.98 Å². The van der Waals surface area contributed by atoms with Crippen molar-refractivity contribution in [1.29, 1.82) is 0 Å². The number of anilines is 1. The van der Waals surface area contributed by atoms with Crippen LogP contribution < -0.4 is 4.90 Å². The molecule has 0 spiro atoms. The molecule has 4 nitrogen and oxygen atoms in total. The third kappa shape index (κ3) is 3.34. The summed E-state index contributed by atoms with van der Waals surface area (Å²) in [6, 6.07) is 9.35. The van der Waals surface area contributed by atoms with Gasteiger partial charge in [0, 0.05) is 24.0 Å². The van der Waals surface area contributed by atoms with E-state index in [0.29, 0.717) is 10.7 Å². The Hall–Kier alpha value is -2.07. The molecule has 5 heteroatoms. The second-order valence-corrected chi connectivity index (χ2v) is 5.42. The third-order valence-corrected chi connectivity index (χ3v) is 3.81. The summed E-state index contributed by atoms with van der Waals surface area (Å²) in [6.07, 6.45) is 1.40. The maximum atomic E-state index is 11.4. The molecular formula is C16H17ClN2O2. The van der Waals surface area contributed by atoms with Crippen LogP contribution in [-0.4, -0.2) is 23.1 Å². The molecule has 1 N–H and O–H groups in total. The number of pyridine rings is 1. The van der Waals surface area contributed by atoms with Crippen LogP contribution in [0.4, 0.5) is 5.69 Å². The Morgan fingerprint density at radius 1 is 1.33 bits per heavy atom. The lowest BCUT2D eigenvalue weighted by Gasteiger charge is -2.28. The lowest BCUT2D eigenvalue weighted by atomic mass is 10.1. The highest BCUT2D eigenvalue weighted by atomic mass is 35.5. The first-order chi connectivity index (χ1) is 9.90. The van der Waals surface area contributed by atoms with E-state index in [-0.39, 0.29) is 11.6 Å². The fraction of sp³-hybridized carbons (Fsp3) is 0.250. The van der Waals surface area contributed by atoms with E-state index in [1.54, 1.807) is 6.07 Å². The molecule has 2 rings (SSSR count). The summed E-state index contributed by atoms with van der Waals surface area (Å²) in [4.78, 5) is 17.4. The molecule has 0 radical (unpaired) electrons. The standard InChI is InChI=1S/C16H17ClN2O2/c1-10-8-15(14(9-18-10)16(20)21)19(3)11(2)12-4-6-13(17)7-5-12/h4-9,11H,1-3H3,(H,20,21). The third-order valence-electron chi connectivity index (χ3n) is 3.56. The second-order valence-electron chi connectivity index (χ2n) is 4.99. The zero-order chi connectivity index (χ0) is 15.6. The van der Waals surface area contributed by atoms with Gasteiger partial charge in [-0.15, -0.1) is 0 Å². The highest BCUT2D eigenvalue weighted by Crippen LogP contribution is 2.29. The summed E-state index contributed by atoms with van der Waals surface area (Å²) in [5.74, 6) is -0.979. The first kappa shape index (κ1) is 15.3. The maximum Gasteiger partial charge on any atom is 0.339 e. The highest BCUT2D eigenvalue weighted by Gasteiger charge is 2.19.